The lowest BCUT2D eigenvalue weighted by atomic mass is 9.78. The van der Waals surface area contributed by atoms with E-state index in [9.17, 15) is 9.90 Å². The number of benzene rings is 1. The number of methoxy groups -OCH3 is 2. The van der Waals surface area contributed by atoms with Gasteiger partial charge in [-0.05, 0) is 12.5 Å². The minimum Gasteiger partial charge on any atom is -0.386 e. The molecule has 0 aliphatic heterocycles. The summed E-state index contributed by atoms with van der Waals surface area (Å²) in [6, 6.07) is 9.07. The molecule has 0 unspecified atom stereocenters. The highest BCUT2D eigenvalue weighted by atomic mass is 16.7. The third kappa shape index (κ3) is 2.72. The number of rotatable bonds is 6. The molecule has 4 heteroatoms. The summed E-state index contributed by atoms with van der Waals surface area (Å²) in [5, 5.41) is 10.2. The molecule has 0 bridgehead atoms. The highest BCUT2D eigenvalue weighted by Gasteiger charge is 2.40. The van der Waals surface area contributed by atoms with Crippen molar-refractivity contribution >= 4 is 6.29 Å². The molecule has 0 aliphatic carbocycles. The third-order valence-corrected chi connectivity index (χ3v) is 2.98. The molecular formula is C13H18O4. The van der Waals surface area contributed by atoms with Gasteiger partial charge in [0, 0.05) is 14.2 Å². The van der Waals surface area contributed by atoms with Crippen LogP contribution in [-0.2, 0) is 19.7 Å². The van der Waals surface area contributed by atoms with Gasteiger partial charge in [-0.15, -0.1) is 0 Å². The van der Waals surface area contributed by atoms with Crippen LogP contribution in [0, 0.1) is 0 Å². The molecule has 1 aromatic carbocycles. The number of hydrogen-bond donors (Lipinski definition) is 1. The van der Waals surface area contributed by atoms with Crippen molar-refractivity contribution in [3.8, 4) is 0 Å². The minimum absolute atomic E-state index is 0.720. The van der Waals surface area contributed by atoms with E-state index in [-0.39, 0.29) is 0 Å². The number of hydrogen-bond acceptors (Lipinski definition) is 4. The molecule has 0 radical (unpaired) electrons. The average Bonchev–Trinajstić information content (AvgIpc) is 2.40. The normalized spacial score (nSPS) is 16.5. The maximum atomic E-state index is 11.3. The Balaban J connectivity index is 3.07. The Kier molecular flexibility index (Phi) is 4.81. The monoisotopic (exact) mass is 238 g/mol. The van der Waals surface area contributed by atoms with Crippen molar-refractivity contribution < 1.29 is 19.4 Å². The third-order valence-electron chi connectivity index (χ3n) is 2.98. The van der Waals surface area contributed by atoms with Gasteiger partial charge in [0.25, 0.3) is 0 Å². The van der Waals surface area contributed by atoms with Gasteiger partial charge in [-0.25, -0.2) is 0 Å². The molecule has 1 aromatic rings. The molecule has 4 nitrogen and oxygen atoms in total. The highest BCUT2D eigenvalue weighted by molar-refractivity contribution is 5.69. The largest absolute Gasteiger partial charge is 0.386 e. The fourth-order valence-electron chi connectivity index (χ4n) is 1.74. The second-order valence-electron chi connectivity index (χ2n) is 4.05. The van der Waals surface area contributed by atoms with Crippen LogP contribution in [0.25, 0.3) is 0 Å². The molecule has 1 rings (SSSR count). The van der Waals surface area contributed by atoms with Crippen molar-refractivity contribution in [3.63, 3.8) is 0 Å². The van der Waals surface area contributed by atoms with Crippen LogP contribution in [0.15, 0.2) is 30.3 Å². The second-order valence-corrected chi connectivity index (χ2v) is 4.05. The molecule has 0 aromatic heterocycles. The zero-order valence-corrected chi connectivity index (χ0v) is 10.3. The quantitative estimate of drug-likeness (QED) is 0.596. The summed E-state index contributed by atoms with van der Waals surface area (Å²) >= 11 is 0. The van der Waals surface area contributed by atoms with Crippen LogP contribution in [0.1, 0.15) is 12.5 Å². The summed E-state index contributed by atoms with van der Waals surface area (Å²) in [6.45, 7) is 1.66. The van der Waals surface area contributed by atoms with E-state index < -0.39 is 17.8 Å². The Morgan fingerprint density at radius 2 is 1.76 bits per heavy atom. The smallest absolute Gasteiger partial charge is 0.184 e. The van der Waals surface area contributed by atoms with Crippen molar-refractivity contribution in [2.24, 2.45) is 0 Å². The van der Waals surface area contributed by atoms with E-state index in [1.165, 1.54) is 14.2 Å². The number of aldehydes is 1. The van der Waals surface area contributed by atoms with Crippen LogP contribution in [0.2, 0.25) is 0 Å². The van der Waals surface area contributed by atoms with Crippen molar-refractivity contribution in [1.29, 1.82) is 0 Å². The zero-order valence-electron chi connectivity index (χ0n) is 10.3. The van der Waals surface area contributed by atoms with Gasteiger partial charge in [0.1, 0.15) is 12.4 Å². The van der Waals surface area contributed by atoms with E-state index in [0.29, 0.717) is 0 Å². The summed E-state index contributed by atoms with van der Waals surface area (Å²) < 4.78 is 10.00. The Hall–Kier alpha value is -1.23. The molecule has 1 N–H and O–H groups in total. The summed E-state index contributed by atoms with van der Waals surface area (Å²) in [5.74, 6) is 0. The van der Waals surface area contributed by atoms with Gasteiger partial charge in [-0.3, -0.25) is 0 Å². The van der Waals surface area contributed by atoms with Crippen molar-refractivity contribution in [3.05, 3.63) is 35.9 Å². The van der Waals surface area contributed by atoms with Gasteiger partial charge >= 0.3 is 0 Å². The fourth-order valence-corrected chi connectivity index (χ4v) is 1.74. The number of aliphatic hydroxyl groups is 1. The highest BCUT2D eigenvalue weighted by Crippen LogP contribution is 2.28. The van der Waals surface area contributed by atoms with E-state index >= 15 is 0 Å². The van der Waals surface area contributed by atoms with Crippen LogP contribution in [0.4, 0.5) is 0 Å². The zero-order chi connectivity index (χ0) is 12.9. The minimum atomic E-state index is -1.07. The summed E-state index contributed by atoms with van der Waals surface area (Å²) in [5.41, 5.74) is -0.334. The molecule has 17 heavy (non-hydrogen) atoms. The topological polar surface area (TPSA) is 55.8 Å². The predicted molar refractivity (Wildman–Crippen MR) is 63.7 cm³/mol. The molecule has 0 heterocycles. The predicted octanol–water partition coefficient (Wildman–Crippen LogP) is 1.12. The first kappa shape index (κ1) is 13.8. The molecule has 0 spiro atoms. The number of carbonyl (C=O) groups excluding carboxylic acids is 1. The average molecular weight is 238 g/mol. The fraction of sp³-hybridized carbons (Fsp3) is 0.462. The van der Waals surface area contributed by atoms with Gasteiger partial charge in [0.2, 0.25) is 0 Å². The number of ether oxygens (including phenoxy) is 2. The first-order valence-corrected chi connectivity index (χ1v) is 5.35. The van der Waals surface area contributed by atoms with Crippen molar-refractivity contribution in [1.82, 2.24) is 0 Å². The van der Waals surface area contributed by atoms with Gasteiger partial charge in [0.15, 0.2) is 6.29 Å². The van der Waals surface area contributed by atoms with Crippen molar-refractivity contribution in [2.75, 3.05) is 14.2 Å². The van der Waals surface area contributed by atoms with E-state index in [0.717, 1.165) is 11.8 Å². The first-order chi connectivity index (χ1) is 8.10. The van der Waals surface area contributed by atoms with Crippen LogP contribution in [0.5, 0.6) is 0 Å². The van der Waals surface area contributed by atoms with Crippen LogP contribution in [-0.4, -0.2) is 38.0 Å². The number of aliphatic hydroxyl groups excluding tert-OH is 1. The number of carbonyl (C=O) groups is 1. The van der Waals surface area contributed by atoms with Crippen molar-refractivity contribution in [2.45, 2.75) is 24.7 Å². The van der Waals surface area contributed by atoms with E-state index in [1.807, 2.05) is 18.2 Å². The molecule has 0 amide bonds. The Morgan fingerprint density at radius 1 is 1.24 bits per heavy atom. The van der Waals surface area contributed by atoms with Crippen LogP contribution >= 0.6 is 0 Å². The maximum absolute atomic E-state index is 11.3. The van der Waals surface area contributed by atoms with Crippen LogP contribution < -0.4 is 0 Å². The SMILES string of the molecule is COC(OC)[C@H](O)[C@](C)(C=O)c1ccccc1. The maximum Gasteiger partial charge on any atom is 0.184 e. The Bertz CT molecular complexity index is 348. The lowest BCUT2D eigenvalue weighted by Crippen LogP contribution is -2.47. The molecule has 0 saturated heterocycles. The molecule has 0 aliphatic rings. The first-order valence-electron chi connectivity index (χ1n) is 5.35. The van der Waals surface area contributed by atoms with Gasteiger partial charge in [0.05, 0.1) is 5.41 Å². The second kappa shape index (κ2) is 5.91. The van der Waals surface area contributed by atoms with E-state index in [2.05, 4.69) is 0 Å². The summed E-state index contributed by atoms with van der Waals surface area (Å²) in [7, 11) is 2.85. The van der Waals surface area contributed by atoms with E-state index in [4.69, 9.17) is 9.47 Å². The molecule has 2 atom stereocenters. The standard InChI is InChI=1S/C13H18O4/c1-13(9-14,10-7-5-4-6-8-10)11(15)12(16-2)17-3/h4-9,11-12,15H,1-3H3/t11-,13+/m0/s1. The van der Waals surface area contributed by atoms with E-state index in [1.54, 1.807) is 19.1 Å². The van der Waals surface area contributed by atoms with Crippen LogP contribution in [0.3, 0.4) is 0 Å². The van der Waals surface area contributed by atoms with Gasteiger partial charge in [-0.1, -0.05) is 30.3 Å². The molecular weight excluding hydrogens is 220 g/mol. The lowest BCUT2D eigenvalue weighted by molar-refractivity contribution is -0.182. The molecule has 0 saturated carbocycles. The molecule has 94 valence electrons. The van der Waals surface area contributed by atoms with Gasteiger partial charge in [-0.2, -0.15) is 0 Å². The Labute approximate surface area is 101 Å². The Morgan fingerprint density at radius 3 is 2.18 bits per heavy atom. The summed E-state index contributed by atoms with van der Waals surface area (Å²) in [6.07, 6.45) is -1.19. The summed E-state index contributed by atoms with van der Waals surface area (Å²) in [4.78, 5) is 11.3. The van der Waals surface area contributed by atoms with Gasteiger partial charge < -0.3 is 19.4 Å². The molecule has 0 fully saturated rings. The lowest BCUT2D eigenvalue weighted by Gasteiger charge is -2.33.